The van der Waals surface area contributed by atoms with Crippen molar-refractivity contribution in [2.75, 3.05) is 18.4 Å². The summed E-state index contributed by atoms with van der Waals surface area (Å²) in [5, 5.41) is 12.6. The van der Waals surface area contributed by atoms with E-state index in [-0.39, 0.29) is 11.3 Å². The van der Waals surface area contributed by atoms with Crippen LogP contribution in [-0.4, -0.2) is 29.2 Å². The lowest BCUT2D eigenvalue weighted by atomic mass is 9.83. The van der Waals surface area contributed by atoms with Crippen LogP contribution in [0.3, 0.4) is 0 Å². The lowest BCUT2D eigenvalue weighted by Crippen LogP contribution is -2.37. The Bertz CT molecular complexity index is 327. The minimum Gasteiger partial charge on any atom is -0.316 e. The highest BCUT2D eigenvalue weighted by atomic mass is 16.2. The molecule has 1 aromatic rings. The molecule has 0 spiro atoms. The number of hydrogen-bond donors (Lipinski definition) is 3. The average molecular weight is 208 g/mol. The van der Waals surface area contributed by atoms with Crippen molar-refractivity contribution < 1.29 is 4.79 Å². The summed E-state index contributed by atoms with van der Waals surface area (Å²) in [6, 6.07) is 1.75. The molecule has 82 valence electrons. The predicted octanol–water partition coefficient (Wildman–Crippen LogP) is 0.738. The third kappa shape index (κ3) is 1.87. The van der Waals surface area contributed by atoms with Gasteiger partial charge in [0, 0.05) is 12.6 Å². The molecule has 2 heterocycles. The summed E-state index contributed by atoms with van der Waals surface area (Å²) in [6.07, 6.45) is 3.39. The monoisotopic (exact) mass is 208 g/mol. The Morgan fingerprint density at radius 2 is 2.60 bits per heavy atom. The fourth-order valence-corrected chi connectivity index (χ4v) is 1.98. The van der Waals surface area contributed by atoms with Crippen LogP contribution in [0, 0.1) is 5.41 Å². The zero-order valence-corrected chi connectivity index (χ0v) is 8.84. The number of nitrogens with one attached hydrogen (secondary N) is 3. The standard InChI is InChI=1S/C10H16N4O/c1-2-10(4-6-11-7-10)9(15)13-8-3-5-12-14-8/h3,5,11H,2,4,6-7H2,1H3,(H2,12,13,14,15). The zero-order valence-electron chi connectivity index (χ0n) is 8.84. The number of aromatic amines is 1. The second-order valence-electron chi connectivity index (χ2n) is 3.99. The minimum absolute atomic E-state index is 0.0826. The van der Waals surface area contributed by atoms with Gasteiger partial charge in [0.15, 0.2) is 0 Å². The maximum Gasteiger partial charge on any atom is 0.233 e. The van der Waals surface area contributed by atoms with Crippen molar-refractivity contribution in [2.24, 2.45) is 5.41 Å². The van der Waals surface area contributed by atoms with Gasteiger partial charge in [-0.15, -0.1) is 0 Å². The topological polar surface area (TPSA) is 69.8 Å². The van der Waals surface area contributed by atoms with Crippen molar-refractivity contribution in [3.63, 3.8) is 0 Å². The quantitative estimate of drug-likeness (QED) is 0.686. The molecule has 5 nitrogen and oxygen atoms in total. The number of rotatable bonds is 3. The van der Waals surface area contributed by atoms with Gasteiger partial charge >= 0.3 is 0 Å². The average Bonchev–Trinajstić information content (AvgIpc) is 2.87. The SMILES string of the molecule is CCC1(C(=O)Nc2ccn[nH]2)CCNC1. The molecule has 1 aliphatic rings. The van der Waals surface area contributed by atoms with Gasteiger partial charge in [0.05, 0.1) is 11.6 Å². The first-order valence-corrected chi connectivity index (χ1v) is 5.28. The molecule has 3 N–H and O–H groups in total. The molecular formula is C10H16N4O. The van der Waals surface area contributed by atoms with Crippen LogP contribution in [0.5, 0.6) is 0 Å². The first kappa shape index (κ1) is 10.2. The van der Waals surface area contributed by atoms with Crippen LogP contribution in [0.4, 0.5) is 5.82 Å². The Morgan fingerprint density at radius 3 is 3.13 bits per heavy atom. The molecule has 0 saturated carbocycles. The van der Waals surface area contributed by atoms with Crippen LogP contribution in [0.2, 0.25) is 0 Å². The molecule has 1 aromatic heterocycles. The third-order valence-electron chi connectivity index (χ3n) is 3.15. The Labute approximate surface area is 88.6 Å². The van der Waals surface area contributed by atoms with Crippen molar-refractivity contribution in [3.05, 3.63) is 12.3 Å². The maximum atomic E-state index is 12.1. The first-order chi connectivity index (χ1) is 7.27. The summed E-state index contributed by atoms with van der Waals surface area (Å²) in [7, 11) is 0. The molecule has 15 heavy (non-hydrogen) atoms. The summed E-state index contributed by atoms with van der Waals surface area (Å²) in [5.74, 6) is 0.749. The third-order valence-corrected chi connectivity index (χ3v) is 3.15. The molecule has 0 bridgehead atoms. The summed E-state index contributed by atoms with van der Waals surface area (Å²) in [5.41, 5.74) is -0.245. The molecule has 1 saturated heterocycles. The van der Waals surface area contributed by atoms with Crippen molar-refractivity contribution in [1.82, 2.24) is 15.5 Å². The van der Waals surface area contributed by atoms with Gasteiger partial charge in [-0.05, 0) is 19.4 Å². The van der Waals surface area contributed by atoms with Gasteiger partial charge in [0.1, 0.15) is 5.82 Å². The Kier molecular flexibility index (Phi) is 2.73. The number of amides is 1. The fraction of sp³-hybridized carbons (Fsp3) is 0.600. The highest BCUT2D eigenvalue weighted by Gasteiger charge is 2.39. The largest absolute Gasteiger partial charge is 0.316 e. The van der Waals surface area contributed by atoms with E-state index >= 15 is 0 Å². The summed E-state index contributed by atoms with van der Waals surface area (Å²) in [4.78, 5) is 12.1. The van der Waals surface area contributed by atoms with Crippen LogP contribution >= 0.6 is 0 Å². The number of hydrogen-bond acceptors (Lipinski definition) is 3. The number of anilines is 1. The smallest absolute Gasteiger partial charge is 0.233 e. The van der Waals surface area contributed by atoms with Crippen LogP contribution in [-0.2, 0) is 4.79 Å². The van der Waals surface area contributed by atoms with Gasteiger partial charge in [-0.2, -0.15) is 5.10 Å². The number of H-pyrrole nitrogens is 1. The lowest BCUT2D eigenvalue weighted by molar-refractivity contribution is -0.124. The van der Waals surface area contributed by atoms with E-state index in [0.717, 1.165) is 25.9 Å². The molecule has 2 rings (SSSR count). The van der Waals surface area contributed by atoms with Gasteiger partial charge < -0.3 is 10.6 Å². The van der Waals surface area contributed by atoms with E-state index in [9.17, 15) is 4.79 Å². The Morgan fingerprint density at radius 1 is 1.73 bits per heavy atom. The van der Waals surface area contributed by atoms with Crippen molar-refractivity contribution in [1.29, 1.82) is 0 Å². The highest BCUT2D eigenvalue weighted by molar-refractivity contribution is 5.94. The summed E-state index contributed by atoms with van der Waals surface area (Å²) < 4.78 is 0. The first-order valence-electron chi connectivity index (χ1n) is 5.28. The Hall–Kier alpha value is -1.36. The number of carbonyl (C=O) groups excluding carboxylic acids is 1. The molecule has 1 aliphatic heterocycles. The number of carbonyl (C=O) groups is 1. The highest BCUT2D eigenvalue weighted by Crippen LogP contribution is 2.30. The molecule has 0 aliphatic carbocycles. The molecule has 5 heteroatoms. The van der Waals surface area contributed by atoms with E-state index in [1.165, 1.54) is 0 Å². The van der Waals surface area contributed by atoms with Gasteiger partial charge in [0.2, 0.25) is 5.91 Å². The van der Waals surface area contributed by atoms with E-state index in [1.807, 2.05) is 0 Å². The van der Waals surface area contributed by atoms with E-state index in [2.05, 4.69) is 27.8 Å². The van der Waals surface area contributed by atoms with Crippen LogP contribution in [0.1, 0.15) is 19.8 Å². The number of nitrogens with zero attached hydrogens (tertiary/aromatic N) is 1. The van der Waals surface area contributed by atoms with Gasteiger partial charge in [-0.3, -0.25) is 9.89 Å². The zero-order chi connectivity index (χ0) is 10.7. The molecule has 0 aromatic carbocycles. The van der Waals surface area contributed by atoms with Gasteiger partial charge in [-0.25, -0.2) is 0 Å². The summed E-state index contributed by atoms with van der Waals surface area (Å²) >= 11 is 0. The molecule has 0 radical (unpaired) electrons. The summed E-state index contributed by atoms with van der Waals surface area (Å²) in [6.45, 7) is 3.74. The van der Waals surface area contributed by atoms with Crippen molar-refractivity contribution in [3.8, 4) is 0 Å². The van der Waals surface area contributed by atoms with E-state index in [1.54, 1.807) is 12.3 Å². The normalized spacial score (nSPS) is 25.4. The minimum atomic E-state index is -0.245. The number of aromatic nitrogens is 2. The molecule has 1 atom stereocenters. The maximum absolute atomic E-state index is 12.1. The van der Waals surface area contributed by atoms with E-state index < -0.39 is 0 Å². The van der Waals surface area contributed by atoms with Crippen LogP contribution < -0.4 is 10.6 Å². The fourth-order valence-electron chi connectivity index (χ4n) is 1.98. The molecule has 1 amide bonds. The van der Waals surface area contributed by atoms with E-state index in [0.29, 0.717) is 5.82 Å². The second-order valence-corrected chi connectivity index (χ2v) is 3.99. The van der Waals surface area contributed by atoms with Crippen LogP contribution in [0.15, 0.2) is 12.3 Å². The predicted molar refractivity (Wildman–Crippen MR) is 57.4 cm³/mol. The Balaban J connectivity index is 2.06. The molecule has 1 unspecified atom stereocenters. The second kappa shape index (κ2) is 4.02. The van der Waals surface area contributed by atoms with E-state index in [4.69, 9.17) is 0 Å². The van der Waals surface area contributed by atoms with Crippen LogP contribution in [0.25, 0.3) is 0 Å². The molecular weight excluding hydrogens is 192 g/mol. The lowest BCUT2D eigenvalue weighted by Gasteiger charge is -2.24. The van der Waals surface area contributed by atoms with Gasteiger partial charge in [-0.1, -0.05) is 6.92 Å². The van der Waals surface area contributed by atoms with Gasteiger partial charge in [0.25, 0.3) is 0 Å². The molecule has 1 fully saturated rings. The van der Waals surface area contributed by atoms with Crippen molar-refractivity contribution >= 4 is 11.7 Å². The van der Waals surface area contributed by atoms with Crippen molar-refractivity contribution in [2.45, 2.75) is 19.8 Å².